The van der Waals surface area contributed by atoms with Gasteiger partial charge < -0.3 is 10.4 Å². The molecule has 20 heavy (non-hydrogen) atoms. The summed E-state index contributed by atoms with van der Waals surface area (Å²) in [6, 6.07) is 6.70. The van der Waals surface area contributed by atoms with Gasteiger partial charge >= 0.3 is 0 Å². The predicted molar refractivity (Wildman–Crippen MR) is 81.9 cm³/mol. The second-order valence-electron chi connectivity index (χ2n) is 6.49. The van der Waals surface area contributed by atoms with Crippen molar-refractivity contribution in [2.24, 2.45) is 5.92 Å². The number of aromatic hydroxyl groups is 1. The Morgan fingerprint density at radius 1 is 1.20 bits per heavy atom. The van der Waals surface area contributed by atoms with E-state index in [9.17, 15) is 5.11 Å². The molecule has 3 rings (SSSR count). The van der Waals surface area contributed by atoms with E-state index in [-0.39, 0.29) is 0 Å². The van der Waals surface area contributed by atoms with Crippen LogP contribution in [0.2, 0.25) is 0 Å². The third kappa shape index (κ3) is 3.53. The molecule has 0 aromatic heterocycles. The normalized spacial score (nSPS) is 20.5. The Kier molecular flexibility index (Phi) is 4.27. The highest BCUT2D eigenvalue weighted by Crippen LogP contribution is 2.32. The molecule has 0 bridgehead atoms. The maximum Gasteiger partial charge on any atom is 0.120 e. The van der Waals surface area contributed by atoms with E-state index in [0.29, 0.717) is 5.75 Å². The maximum atomic E-state index is 10.1. The number of phenolic OH excluding ortho intramolecular Hbond substituents is 1. The van der Waals surface area contributed by atoms with E-state index in [2.05, 4.69) is 23.2 Å². The molecule has 1 heterocycles. The number of benzene rings is 1. The van der Waals surface area contributed by atoms with Gasteiger partial charge in [0.15, 0.2) is 0 Å². The summed E-state index contributed by atoms with van der Waals surface area (Å²) in [5.74, 6) is 1.27. The zero-order valence-corrected chi connectivity index (χ0v) is 12.4. The van der Waals surface area contributed by atoms with Gasteiger partial charge in [-0.3, -0.25) is 4.90 Å². The molecule has 3 nitrogen and oxygen atoms in total. The Labute approximate surface area is 122 Å². The fourth-order valence-electron chi connectivity index (χ4n) is 3.24. The average molecular weight is 274 g/mol. The Morgan fingerprint density at radius 2 is 1.95 bits per heavy atom. The molecule has 0 unspecified atom stereocenters. The highest BCUT2D eigenvalue weighted by molar-refractivity contribution is 5.35. The monoisotopic (exact) mass is 274 g/mol. The molecule has 0 spiro atoms. The second kappa shape index (κ2) is 6.15. The summed E-state index contributed by atoms with van der Waals surface area (Å²) < 4.78 is 0. The molecule has 1 saturated heterocycles. The lowest BCUT2D eigenvalue weighted by Crippen LogP contribution is -2.37. The molecule has 110 valence electrons. The van der Waals surface area contributed by atoms with Crippen molar-refractivity contribution in [2.45, 2.75) is 45.2 Å². The van der Waals surface area contributed by atoms with Crippen molar-refractivity contribution in [3.63, 3.8) is 0 Å². The van der Waals surface area contributed by atoms with Crippen molar-refractivity contribution in [1.29, 1.82) is 0 Å². The first-order valence-electron chi connectivity index (χ1n) is 7.95. The number of nitrogens with zero attached hydrogens (tertiary/aromatic N) is 1. The summed E-state index contributed by atoms with van der Waals surface area (Å²) in [6.45, 7) is 6.52. The molecule has 1 aliphatic carbocycles. The number of piperidine rings is 1. The van der Waals surface area contributed by atoms with Crippen LogP contribution in [-0.2, 0) is 6.54 Å². The van der Waals surface area contributed by atoms with Gasteiger partial charge in [0.1, 0.15) is 5.75 Å². The summed E-state index contributed by atoms with van der Waals surface area (Å²) >= 11 is 0. The molecule has 2 fully saturated rings. The molecule has 1 saturated carbocycles. The average Bonchev–Trinajstić information content (AvgIpc) is 3.28. The molecular formula is C17H26N2O. The van der Waals surface area contributed by atoms with Crippen LogP contribution in [0.4, 0.5) is 0 Å². The van der Waals surface area contributed by atoms with Crippen LogP contribution in [0.1, 0.15) is 36.8 Å². The molecule has 0 radical (unpaired) electrons. The second-order valence-corrected chi connectivity index (χ2v) is 6.49. The van der Waals surface area contributed by atoms with Crippen molar-refractivity contribution in [3.8, 4) is 5.75 Å². The summed E-state index contributed by atoms with van der Waals surface area (Å²) in [4.78, 5) is 2.60. The first-order valence-corrected chi connectivity index (χ1v) is 7.95. The number of hydrogen-bond donors (Lipinski definition) is 2. The molecule has 0 atom stereocenters. The van der Waals surface area contributed by atoms with Crippen molar-refractivity contribution in [1.82, 2.24) is 10.2 Å². The number of phenols is 1. The largest absolute Gasteiger partial charge is 0.508 e. The summed E-state index contributed by atoms with van der Waals surface area (Å²) in [5.41, 5.74) is 2.32. The topological polar surface area (TPSA) is 35.5 Å². The van der Waals surface area contributed by atoms with Gasteiger partial charge in [-0.2, -0.15) is 0 Å². The number of rotatable bonds is 5. The number of aryl methyl sites for hydroxylation is 1. The van der Waals surface area contributed by atoms with Crippen LogP contribution in [0, 0.1) is 12.8 Å². The van der Waals surface area contributed by atoms with Crippen molar-refractivity contribution in [3.05, 3.63) is 29.3 Å². The Morgan fingerprint density at radius 3 is 2.65 bits per heavy atom. The van der Waals surface area contributed by atoms with Gasteiger partial charge in [0.25, 0.3) is 0 Å². The van der Waals surface area contributed by atoms with Gasteiger partial charge in [-0.05, 0) is 57.7 Å². The van der Waals surface area contributed by atoms with Crippen LogP contribution < -0.4 is 5.32 Å². The minimum atomic E-state index is 0.451. The quantitative estimate of drug-likeness (QED) is 0.866. The molecule has 2 N–H and O–H groups in total. The number of nitrogens with one attached hydrogen (secondary N) is 1. The third-order valence-electron chi connectivity index (χ3n) is 4.62. The lowest BCUT2D eigenvalue weighted by molar-refractivity contribution is 0.188. The summed E-state index contributed by atoms with van der Waals surface area (Å²) in [7, 11) is 0. The van der Waals surface area contributed by atoms with Gasteiger partial charge in [-0.1, -0.05) is 17.7 Å². The van der Waals surface area contributed by atoms with Crippen LogP contribution in [0.5, 0.6) is 5.75 Å². The highest BCUT2D eigenvalue weighted by Gasteiger charge is 2.31. The van der Waals surface area contributed by atoms with Crippen LogP contribution in [0.15, 0.2) is 18.2 Å². The molecule has 2 aliphatic rings. The molecule has 1 aromatic carbocycles. The zero-order valence-electron chi connectivity index (χ0n) is 12.4. The number of hydrogen-bond acceptors (Lipinski definition) is 3. The van der Waals surface area contributed by atoms with Crippen molar-refractivity contribution < 1.29 is 5.11 Å². The molecule has 0 amide bonds. The van der Waals surface area contributed by atoms with Gasteiger partial charge in [0, 0.05) is 24.7 Å². The van der Waals surface area contributed by atoms with Gasteiger partial charge in [-0.25, -0.2) is 0 Å². The first-order chi connectivity index (χ1) is 9.72. The first kappa shape index (κ1) is 13.9. The van der Waals surface area contributed by atoms with E-state index in [0.717, 1.165) is 24.1 Å². The van der Waals surface area contributed by atoms with E-state index in [1.54, 1.807) is 0 Å². The maximum absolute atomic E-state index is 10.1. The SMILES string of the molecule is Cc1ccc(O)c(CN(CC2CCNCC2)C2CC2)c1. The Balaban J connectivity index is 1.66. The van der Waals surface area contributed by atoms with Gasteiger partial charge in [-0.15, -0.1) is 0 Å². The third-order valence-corrected chi connectivity index (χ3v) is 4.62. The fraction of sp³-hybridized carbons (Fsp3) is 0.647. The molecular weight excluding hydrogens is 248 g/mol. The summed E-state index contributed by atoms with van der Waals surface area (Å²) in [6.07, 6.45) is 5.25. The molecule has 1 aliphatic heterocycles. The molecule has 3 heteroatoms. The lowest BCUT2D eigenvalue weighted by atomic mass is 9.97. The fourth-order valence-corrected chi connectivity index (χ4v) is 3.24. The van der Waals surface area contributed by atoms with E-state index in [1.807, 2.05) is 12.1 Å². The summed E-state index contributed by atoms with van der Waals surface area (Å²) in [5, 5.41) is 13.5. The van der Waals surface area contributed by atoms with Crippen LogP contribution in [0.3, 0.4) is 0 Å². The predicted octanol–water partition coefficient (Wildman–Crippen LogP) is 2.66. The Bertz CT molecular complexity index is 450. The van der Waals surface area contributed by atoms with Crippen LogP contribution in [-0.4, -0.2) is 35.7 Å². The lowest BCUT2D eigenvalue weighted by Gasteiger charge is -2.30. The van der Waals surface area contributed by atoms with Crippen LogP contribution in [0.25, 0.3) is 0 Å². The zero-order chi connectivity index (χ0) is 13.9. The van der Waals surface area contributed by atoms with Crippen molar-refractivity contribution in [2.75, 3.05) is 19.6 Å². The minimum absolute atomic E-state index is 0.451. The molecule has 1 aromatic rings. The van der Waals surface area contributed by atoms with Crippen LogP contribution >= 0.6 is 0 Å². The standard InChI is InChI=1S/C17H26N2O/c1-13-2-5-17(20)15(10-13)12-19(16-3-4-16)11-14-6-8-18-9-7-14/h2,5,10,14,16,18,20H,3-4,6-9,11-12H2,1H3. The smallest absolute Gasteiger partial charge is 0.120 e. The minimum Gasteiger partial charge on any atom is -0.508 e. The van der Waals surface area contributed by atoms with E-state index >= 15 is 0 Å². The van der Waals surface area contributed by atoms with E-state index in [1.165, 1.54) is 50.9 Å². The van der Waals surface area contributed by atoms with E-state index in [4.69, 9.17) is 0 Å². The van der Waals surface area contributed by atoms with Gasteiger partial charge in [0.2, 0.25) is 0 Å². The van der Waals surface area contributed by atoms with Gasteiger partial charge in [0.05, 0.1) is 0 Å². The van der Waals surface area contributed by atoms with E-state index < -0.39 is 0 Å². The Hall–Kier alpha value is -1.06. The highest BCUT2D eigenvalue weighted by atomic mass is 16.3. The van der Waals surface area contributed by atoms with Crippen molar-refractivity contribution >= 4 is 0 Å².